The van der Waals surface area contributed by atoms with Crippen LogP contribution in [0.2, 0.25) is 4.34 Å². The van der Waals surface area contributed by atoms with E-state index in [1.165, 1.54) is 9.75 Å². The lowest BCUT2D eigenvalue weighted by Crippen LogP contribution is -2.34. The molecule has 2 N–H and O–H groups in total. The van der Waals surface area contributed by atoms with Gasteiger partial charge in [-0.3, -0.25) is 10.1 Å². The first kappa shape index (κ1) is 13.1. The molecule has 3 nitrogen and oxygen atoms in total. The average molecular weight is 313 g/mol. The van der Waals surface area contributed by atoms with Crippen molar-refractivity contribution in [1.29, 1.82) is 0 Å². The molecule has 2 unspecified atom stereocenters. The van der Waals surface area contributed by atoms with E-state index in [0.29, 0.717) is 13.0 Å². The lowest BCUT2D eigenvalue weighted by Gasteiger charge is -2.20. The summed E-state index contributed by atoms with van der Waals surface area (Å²) in [6.07, 6.45) is 0.543. The van der Waals surface area contributed by atoms with Crippen molar-refractivity contribution < 1.29 is 4.79 Å². The van der Waals surface area contributed by atoms with Gasteiger partial charge in [0.05, 0.1) is 10.4 Å². The van der Waals surface area contributed by atoms with E-state index in [2.05, 4.69) is 28.1 Å². The summed E-state index contributed by atoms with van der Waals surface area (Å²) in [5.41, 5.74) is 0. The number of amides is 1. The van der Waals surface area contributed by atoms with E-state index in [9.17, 15) is 4.79 Å². The molecule has 2 atom stereocenters. The zero-order valence-corrected chi connectivity index (χ0v) is 12.4. The molecule has 0 saturated carbocycles. The molecular weight excluding hydrogens is 300 g/mol. The minimum absolute atomic E-state index is 0.117. The molecule has 0 spiro atoms. The molecule has 1 saturated heterocycles. The maximum Gasteiger partial charge on any atom is 0.221 e. The number of thiophene rings is 2. The number of rotatable bonds is 4. The smallest absolute Gasteiger partial charge is 0.221 e. The molecule has 3 heterocycles. The maximum absolute atomic E-state index is 11.3. The normalized spacial score (nSPS) is 20.5. The summed E-state index contributed by atoms with van der Waals surface area (Å²) in [5, 5.41) is 8.48. The topological polar surface area (TPSA) is 41.1 Å². The van der Waals surface area contributed by atoms with Crippen molar-refractivity contribution in [2.75, 3.05) is 6.54 Å². The molecule has 100 valence electrons. The Balaban J connectivity index is 1.83. The summed E-state index contributed by atoms with van der Waals surface area (Å²) in [4.78, 5) is 13.7. The lowest BCUT2D eigenvalue weighted by molar-refractivity contribution is -0.119. The summed E-state index contributed by atoms with van der Waals surface area (Å²) in [7, 11) is 0. The van der Waals surface area contributed by atoms with Crippen molar-refractivity contribution in [1.82, 2.24) is 10.6 Å². The van der Waals surface area contributed by atoms with Crippen LogP contribution >= 0.6 is 34.3 Å². The van der Waals surface area contributed by atoms with Crippen molar-refractivity contribution in [3.05, 3.63) is 43.7 Å². The molecule has 6 heteroatoms. The number of hydrogen-bond acceptors (Lipinski definition) is 4. The van der Waals surface area contributed by atoms with E-state index in [1.54, 1.807) is 22.7 Å². The molecule has 0 radical (unpaired) electrons. The van der Waals surface area contributed by atoms with Crippen molar-refractivity contribution in [3.63, 3.8) is 0 Å². The zero-order valence-electron chi connectivity index (χ0n) is 10.1. The number of carbonyl (C=O) groups is 1. The molecule has 0 aliphatic carbocycles. The Kier molecular flexibility index (Phi) is 3.88. The van der Waals surface area contributed by atoms with Gasteiger partial charge in [0, 0.05) is 28.8 Å². The Morgan fingerprint density at radius 3 is 2.84 bits per heavy atom. The number of nitrogens with one attached hydrogen (secondary N) is 2. The fraction of sp³-hybridized carbons (Fsp3) is 0.308. The third kappa shape index (κ3) is 3.00. The van der Waals surface area contributed by atoms with Gasteiger partial charge in [-0.2, -0.15) is 0 Å². The van der Waals surface area contributed by atoms with Gasteiger partial charge in [-0.25, -0.2) is 0 Å². The minimum atomic E-state index is 0.117. The first-order chi connectivity index (χ1) is 9.22. The van der Waals surface area contributed by atoms with Crippen molar-refractivity contribution in [2.24, 2.45) is 0 Å². The molecule has 1 aliphatic rings. The van der Waals surface area contributed by atoms with Crippen LogP contribution in [0.25, 0.3) is 0 Å². The second kappa shape index (κ2) is 5.63. The average Bonchev–Trinajstić information content (AvgIpc) is 3.08. The highest BCUT2D eigenvalue weighted by molar-refractivity contribution is 7.16. The van der Waals surface area contributed by atoms with Crippen LogP contribution in [0, 0.1) is 0 Å². The minimum Gasteiger partial charge on any atom is -0.354 e. The summed E-state index contributed by atoms with van der Waals surface area (Å²) in [6.45, 7) is 0.694. The highest BCUT2D eigenvalue weighted by Gasteiger charge is 2.26. The zero-order chi connectivity index (χ0) is 13.2. The Hall–Kier alpha value is -0.880. The van der Waals surface area contributed by atoms with E-state index in [4.69, 9.17) is 11.6 Å². The highest BCUT2D eigenvalue weighted by atomic mass is 35.5. The molecule has 0 bridgehead atoms. The summed E-state index contributed by atoms with van der Waals surface area (Å²) >= 11 is 9.33. The van der Waals surface area contributed by atoms with Crippen LogP contribution in [-0.4, -0.2) is 18.5 Å². The van der Waals surface area contributed by atoms with E-state index >= 15 is 0 Å². The number of carbonyl (C=O) groups excluding carboxylic acids is 1. The molecule has 2 aromatic rings. The predicted molar refractivity (Wildman–Crippen MR) is 80.0 cm³/mol. The molecule has 19 heavy (non-hydrogen) atoms. The Bertz CT molecular complexity index is 567. The van der Waals surface area contributed by atoms with Gasteiger partial charge in [0.15, 0.2) is 0 Å². The van der Waals surface area contributed by atoms with Crippen LogP contribution in [0.5, 0.6) is 0 Å². The summed E-state index contributed by atoms with van der Waals surface area (Å²) in [6, 6.07) is 8.43. The molecule has 1 fully saturated rings. The monoisotopic (exact) mass is 312 g/mol. The van der Waals surface area contributed by atoms with Gasteiger partial charge in [0.1, 0.15) is 0 Å². The van der Waals surface area contributed by atoms with Gasteiger partial charge in [0.25, 0.3) is 0 Å². The first-order valence-corrected chi connectivity index (χ1v) is 8.11. The van der Waals surface area contributed by atoms with Crippen LogP contribution in [0.4, 0.5) is 0 Å². The standard InChI is InChI=1S/C13H13ClN2OS2/c14-11-4-3-10(19-11)13(9-2-1-5-18-9)16-8-6-12(17)15-7-8/h1-5,8,13,16H,6-7H2,(H,15,17). The van der Waals surface area contributed by atoms with Gasteiger partial charge in [-0.15, -0.1) is 22.7 Å². The summed E-state index contributed by atoms with van der Waals surface area (Å²) in [5.74, 6) is 0.117. The molecule has 1 aliphatic heterocycles. The second-order valence-electron chi connectivity index (χ2n) is 4.46. The fourth-order valence-electron chi connectivity index (χ4n) is 2.20. The summed E-state index contributed by atoms with van der Waals surface area (Å²) < 4.78 is 0.791. The van der Waals surface area contributed by atoms with Gasteiger partial charge < -0.3 is 5.32 Å². The molecule has 2 aromatic heterocycles. The van der Waals surface area contributed by atoms with Gasteiger partial charge >= 0.3 is 0 Å². The van der Waals surface area contributed by atoms with E-state index in [-0.39, 0.29) is 18.0 Å². The lowest BCUT2D eigenvalue weighted by atomic mass is 10.1. The molecule has 3 rings (SSSR count). The van der Waals surface area contributed by atoms with Crippen molar-refractivity contribution >= 4 is 40.2 Å². The van der Waals surface area contributed by atoms with Gasteiger partial charge in [-0.05, 0) is 23.6 Å². The molecular formula is C13H13ClN2OS2. The van der Waals surface area contributed by atoms with E-state index in [1.807, 2.05) is 12.1 Å². The fourth-order valence-corrected chi connectivity index (χ4v) is 4.22. The van der Waals surface area contributed by atoms with Crippen LogP contribution in [0.1, 0.15) is 22.2 Å². The Labute approximate surface area is 124 Å². The maximum atomic E-state index is 11.3. The van der Waals surface area contributed by atoms with Crippen LogP contribution in [0.15, 0.2) is 29.6 Å². The van der Waals surface area contributed by atoms with Crippen LogP contribution < -0.4 is 10.6 Å². The number of hydrogen-bond donors (Lipinski definition) is 2. The van der Waals surface area contributed by atoms with Gasteiger partial charge in [0.2, 0.25) is 5.91 Å². The largest absolute Gasteiger partial charge is 0.354 e. The molecule has 1 amide bonds. The quantitative estimate of drug-likeness (QED) is 0.911. The first-order valence-electron chi connectivity index (χ1n) is 6.04. The van der Waals surface area contributed by atoms with E-state index in [0.717, 1.165) is 4.34 Å². The second-order valence-corrected chi connectivity index (χ2v) is 7.19. The van der Waals surface area contributed by atoms with Crippen molar-refractivity contribution in [2.45, 2.75) is 18.5 Å². The SMILES string of the molecule is O=C1CC(NC(c2cccs2)c2ccc(Cl)s2)CN1. The Morgan fingerprint density at radius 2 is 2.26 bits per heavy atom. The van der Waals surface area contributed by atoms with Crippen LogP contribution in [-0.2, 0) is 4.79 Å². The Morgan fingerprint density at radius 1 is 1.37 bits per heavy atom. The molecule has 0 aromatic carbocycles. The highest BCUT2D eigenvalue weighted by Crippen LogP contribution is 2.33. The number of halogens is 1. The van der Waals surface area contributed by atoms with Crippen molar-refractivity contribution in [3.8, 4) is 0 Å². The van der Waals surface area contributed by atoms with E-state index < -0.39 is 0 Å². The predicted octanol–water partition coefficient (Wildman–Crippen LogP) is 3.03. The third-order valence-corrected chi connectivity index (χ3v) is 5.32. The van der Waals surface area contributed by atoms with Crippen LogP contribution in [0.3, 0.4) is 0 Å². The van der Waals surface area contributed by atoms with Gasteiger partial charge in [-0.1, -0.05) is 17.7 Å². The third-order valence-electron chi connectivity index (χ3n) is 3.09.